The molecule has 4 nitrogen and oxygen atoms in total. The lowest BCUT2D eigenvalue weighted by atomic mass is 10.1. The van der Waals surface area contributed by atoms with Crippen LogP contribution in [0.5, 0.6) is 0 Å². The van der Waals surface area contributed by atoms with E-state index >= 15 is 0 Å². The fraction of sp³-hybridized carbons (Fsp3) is 0.900. The lowest BCUT2D eigenvalue weighted by Gasteiger charge is -2.12. The number of hydrogen-bond acceptors (Lipinski definition) is 3. The minimum Gasteiger partial charge on any atom is -0.449 e. The molecule has 14 heavy (non-hydrogen) atoms. The van der Waals surface area contributed by atoms with Gasteiger partial charge in [-0.05, 0) is 18.3 Å². The van der Waals surface area contributed by atoms with Crippen LogP contribution in [0.4, 0.5) is 4.79 Å². The third-order valence-corrected chi connectivity index (χ3v) is 1.76. The van der Waals surface area contributed by atoms with Crippen molar-refractivity contribution in [2.75, 3.05) is 19.8 Å². The zero-order chi connectivity index (χ0) is 11.0. The summed E-state index contributed by atoms with van der Waals surface area (Å²) < 4.78 is 4.92. The van der Waals surface area contributed by atoms with E-state index < -0.39 is 0 Å². The van der Waals surface area contributed by atoms with E-state index in [-0.39, 0.29) is 18.6 Å². The molecule has 0 aliphatic heterocycles. The van der Waals surface area contributed by atoms with Gasteiger partial charge in [-0.1, -0.05) is 20.8 Å². The van der Waals surface area contributed by atoms with Gasteiger partial charge in [0, 0.05) is 13.2 Å². The number of rotatable bonds is 6. The molecule has 0 aliphatic rings. The largest absolute Gasteiger partial charge is 0.449 e. The summed E-state index contributed by atoms with van der Waals surface area (Å²) in [7, 11) is 0. The van der Waals surface area contributed by atoms with Crippen LogP contribution in [0.2, 0.25) is 0 Å². The summed E-state index contributed by atoms with van der Waals surface area (Å²) in [4.78, 5) is 11.1. The molecule has 0 aromatic rings. The molecular weight excluding hydrogens is 182 g/mol. The van der Waals surface area contributed by atoms with Crippen LogP contribution in [0.1, 0.15) is 27.2 Å². The van der Waals surface area contributed by atoms with E-state index in [4.69, 9.17) is 9.84 Å². The van der Waals surface area contributed by atoms with Crippen LogP contribution in [0.25, 0.3) is 0 Å². The number of nitrogens with one attached hydrogen (secondary N) is 1. The number of ether oxygens (including phenoxy) is 1. The number of aliphatic hydroxyl groups excluding tert-OH is 1. The van der Waals surface area contributed by atoms with Gasteiger partial charge in [0.2, 0.25) is 0 Å². The average Bonchev–Trinajstić information content (AvgIpc) is 2.12. The molecule has 1 atom stereocenters. The van der Waals surface area contributed by atoms with Crippen molar-refractivity contribution in [1.29, 1.82) is 0 Å². The van der Waals surface area contributed by atoms with Crippen LogP contribution in [0.15, 0.2) is 0 Å². The molecule has 0 saturated heterocycles. The predicted octanol–water partition coefficient (Wildman–Crippen LogP) is 1.39. The Morgan fingerprint density at radius 2 is 2.07 bits per heavy atom. The maximum atomic E-state index is 11.1. The summed E-state index contributed by atoms with van der Waals surface area (Å²) in [5.41, 5.74) is 0. The number of carbonyl (C=O) groups excluding carboxylic acids is 1. The highest BCUT2D eigenvalue weighted by Gasteiger charge is 2.06. The monoisotopic (exact) mass is 203 g/mol. The van der Waals surface area contributed by atoms with Gasteiger partial charge in [0.15, 0.2) is 0 Å². The van der Waals surface area contributed by atoms with E-state index in [0.29, 0.717) is 25.5 Å². The van der Waals surface area contributed by atoms with Gasteiger partial charge < -0.3 is 15.2 Å². The minimum absolute atomic E-state index is 0.157. The first-order chi connectivity index (χ1) is 6.56. The number of amides is 1. The summed E-state index contributed by atoms with van der Waals surface area (Å²) in [5, 5.41) is 11.3. The van der Waals surface area contributed by atoms with Crippen LogP contribution in [-0.4, -0.2) is 31.0 Å². The Kier molecular flexibility index (Phi) is 7.20. The Balaban J connectivity index is 3.43. The molecule has 1 amide bonds. The summed E-state index contributed by atoms with van der Waals surface area (Å²) in [5.74, 6) is 0.641. The highest BCUT2D eigenvalue weighted by Crippen LogP contribution is 1.98. The van der Waals surface area contributed by atoms with Crippen LogP contribution >= 0.6 is 0 Å². The van der Waals surface area contributed by atoms with Gasteiger partial charge in [-0.25, -0.2) is 4.79 Å². The van der Waals surface area contributed by atoms with Crippen molar-refractivity contribution in [3.63, 3.8) is 0 Å². The smallest absolute Gasteiger partial charge is 0.407 e. The van der Waals surface area contributed by atoms with Crippen LogP contribution in [0, 0.1) is 11.8 Å². The average molecular weight is 203 g/mol. The minimum atomic E-state index is -0.372. The first kappa shape index (κ1) is 13.2. The molecule has 0 fully saturated rings. The Hall–Kier alpha value is -0.770. The zero-order valence-electron chi connectivity index (χ0n) is 9.25. The number of aliphatic hydroxyl groups is 1. The normalized spacial score (nSPS) is 12.6. The summed E-state index contributed by atoms with van der Waals surface area (Å²) in [6.45, 7) is 7.10. The number of carbonyl (C=O) groups is 1. The molecule has 4 heteroatoms. The molecule has 0 spiro atoms. The molecule has 0 saturated carbocycles. The van der Waals surface area contributed by atoms with Crippen molar-refractivity contribution < 1.29 is 14.6 Å². The van der Waals surface area contributed by atoms with Crippen molar-refractivity contribution in [2.24, 2.45) is 11.8 Å². The number of alkyl carbamates (subject to hydrolysis) is 1. The van der Waals surface area contributed by atoms with E-state index in [2.05, 4.69) is 5.32 Å². The second-order valence-electron chi connectivity index (χ2n) is 3.99. The molecule has 0 rings (SSSR count). The standard InChI is InChI=1S/C10H21NO3/c1-8(2)7-14-10(13)11-6-9(3)4-5-12/h8-9,12H,4-7H2,1-3H3,(H,11,13). The summed E-state index contributed by atoms with van der Waals surface area (Å²) >= 11 is 0. The van der Waals surface area contributed by atoms with Crippen molar-refractivity contribution >= 4 is 6.09 Å². The molecule has 0 bridgehead atoms. The molecule has 0 aromatic heterocycles. The Morgan fingerprint density at radius 3 is 2.57 bits per heavy atom. The third kappa shape index (κ3) is 7.86. The summed E-state index contributed by atoms with van der Waals surface area (Å²) in [6.07, 6.45) is 0.327. The first-order valence-electron chi connectivity index (χ1n) is 5.07. The first-order valence-corrected chi connectivity index (χ1v) is 5.07. The molecule has 0 aliphatic carbocycles. The fourth-order valence-corrected chi connectivity index (χ4v) is 0.873. The van der Waals surface area contributed by atoms with E-state index in [1.807, 2.05) is 20.8 Å². The van der Waals surface area contributed by atoms with E-state index in [9.17, 15) is 4.79 Å². The third-order valence-electron chi connectivity index (χ3n) is 1.76. The Bertz CT molecular complexity index is 159. The van der Waals surface area contributed by atoms with Crippen LogP contribution in [0.3, 0.4) is 0 Å². The molecule has 2 N–H and O–H groups in total. The molecular formula is C10H21NO3. The second kappa shape index (κ2) is 7.62. The molecule has 0 heterocycles. The molecule has 0 aromatic carbocycles. The molecule has 1 unspecified atom stereocenters. The van der Waals surface area contributed by atoms with Gasteiger partial charge >= 0.3 is 6.09 Å². The van der Waals surface area contributed by atoms with Gasteiger partial charge in [-0.3, -0.25) is 0 Å². The fourth-order valence-electron chi connectivity index (χ4n) is 0.873. The van der Waals surface area contributed by atoms with Gasteiger partial charge in [0.05, 0.1) is 6.61 Å². The topological polar surface area (TPSA) is 58.6 Å². The van der Waals surface area contributed by atoms with Crippen LogP contribution in [-0.2, 0) is 4.74 Å². The second-order valence-corrected chi connectivity index (χ2v) is 3.99. The maximum absolute atomic E-state index is 11.1. The van der Waals surface area contributed by atoms with Gasteiger partial charge in [0.1, 0.15) is 0 Å². The van der Waals surface area contributed by atoms with E-state index in [0.717, 1.165) is 0 Å². The van der Waals surface area contributed by atoms with Gasteiger partial charge in [0.25, 0.3) is 0 Å². The van der Waals surface area contributed by atoms with Crippen LogP contribution < -0.4 is 5.32 Å². The highest BCUT2D eigenvalue weighted by molar-refractivity contribution is 5.67. The lowest BCUT2D eigenvalue weighted by Crippen LogP contribution is -2.30. The van der Waals surface area contributed by atoms with Gasteiger partial charge in [-0.2, -0.15) is 0 Å². The number of hydrogen-bond donors (Lipinski definition) is 2. The molecule has 0 radical (unpaired) electrons. The Labute approximate surface area is 85.6 Å². The van der Waals surface area contributed by atoms with Crippen molar-refractivity contribution in [1.82, 2.24) is 5.32 Å². The maximum Gasteiger partial charge on any atom is 0.407 e. The SMILES string of the molecule is CC(C)COC(=O)NCC(C)CCO. The van der Waals surface area contributed by atoms with E-state index in [1.165, 1.54) is 0 Å². The Morgan fingerprint density at radius 1 is 1.43 bits per heavy atom. The molecule has 84 valence electrons. The summed E-state index contributed by atoms with van der Waals surface area (Å²) in [6, 6.07) is 0. The quantitative estimate of drug-likeness (QED) is 0.685. The lowest BCUT2D eigenvalue weighted by molar-refractivity contribution is 0.131. The van der Waals surface area contributed by atoms with Gasteiger partial charge in [-0.15, -0.1) is 0 Å². The highest BCUT2D eigenvalue weighted by atomic mass is 16.5. The van der Waals surface area contributed by atoms with Crippen molar-refractivity contribution in [3.8, 4) is 0 Å². The van der Waals surface area contributed by atoms with Crippen molar-refractivity contribution in [2.45, 2.75) is 27.2 Å². The van der Waals surface area contributed by atoms with Crippen molar-refractivity contribution in [3.05, 3.63) is 0 Å². The predicted molar refractivity (Wildman–Crippen MR) is 55.1 cm³/mol. The van der Waals surface area contributed by atoms with E-state index in [1.54, 1.807) is 0 Å². The zero-order valence-corrected chi connectivity index (χ0v) is 9.25.